The number of nitrogens with one attached hydrogen (secondary N) is 2. The first kappa shape index (κ1) is 26.3. The van der Waals surface area contributed by atoms with Gasteiger partial charge in [-0.25, -0.2) is 4.98 Å². The molecule has 1 aliphatic heterocycles. The molecule has 39 heavy (non-hydrogen) atoms. The summed E-state index contributed by atoms with van der Waals surface area (Å²) in [5.74, 6) is 1.24. The van der Waals surface area contributed by atoms with Crippen LogP contribution in [-0.4, -0.2) is 56.6 Å². The monoisotopic (exact) mass is 525 g/mol. The van der Waals surface area contributed by atoms with Gasteiger partial charge in [0.15, 0.2) is 0 Å². The minimum absolute atomic E-state index is 0.0229. The highest BCUT2D eigenvalue weighted by Crippen LogP contribution is 2.28. The highest BCUT2D eigenvalue weighted by Gasteiger charge is 2.28. The maximum Gasteiger partial charge on any atom is 0.254 e. The van der Waals surface area contributed by atoms with Gasteiger partial charge in [0.25, 0.3) is 5.78 Å². The van der Waals surface area contributed by atoms with Gasteiger partial charge < -0.3 is 15.5 Å². The van der Waals surface area contributed by atoms with Crippen LogP contribution in [0.3, 0.4) is 0 Å². The molecular formula is C30H35N7O2. The van der Waals surface area contributed by atoms with Crippen LogP contribution in [-0.2, 0) is 22.4 Å². The fourth-order valence-electron chi connectivity index (χ4n) is 5.25. The van der Waals surface area contributed by atoms with Gasteiger partial charge >= 0.3 is 0 Å². The SMILES string of the molecule is CC(=O)N[C@H](Cc1ccc(C)cc1)C(=O)NC1CCN(c2c(Cc3ccccc3)c(C)nc3ncnn23)CC1. The van der Waals surface area contributed by atoms with Crippen LogP contribution in [0.15, 0.2) is 60.9 Å². The van der Waals surface area contributed by atoms with Gasteiger partial charge in [0.2, 0.25) is 11.8 Å². The lowest BCUT2D eigenvalue weighted by Gasteiger charge is -2.35. The predicted molar refractivity (Wildman–Crippen MR) is 151 cm³/mol. The van der Waals surface area contributed by atoms with Gasteiger partial charge in [0.05, 0.1) is 0 Å². The van der Waals surface area contributed by atoms with E-state index in [1.54, 1.807) is 6.33 Å². The van der Waals surface area contributed by atoms with Gasteiger partial charge in [-0.1, -0.05) is 60.2 Å². The molecule has 0 radical (unpaired) electrons. The molecule has 202 valence electrons. The summed E-state index contributed by atoms with van der Waals surface area (Å²) in [6.07, 6.45) is 4.31. The van der Waals surface area contributed by atoms with Crippen molar-refractivity contribution in [2.24, 2.45) is 0 Å². The molecule has 0 saturated carbocycles. The molecule has 1 atom stereocenters. The van der Waals surface area contributed by atoms with Crippen LogP contribution in [0.5, 0.6) is 0 Å². The molecular weight excluding hydrogens is 490 g/mol. The summed E-state index contributed by atoms with van der Waals surface area (Å²) >= 11 is 0. The first-order chi connectivity index (χ1) is 18.9. The largest absolute Gasteiger partial charge is 0.356 e. The lowest BCUT2D eigenvalue weighted by atomic mass is 10.00. The Balaban J connectivity index is 1.29. The molecule has 0 spiro atoms. The Labute approximate surface area is 228 Å². The Morgan fingerprint density at radius 1 is 1.00 bits per heavy atom. The van der Waals surface area contributed by atoms with E-state index in [4.69, 9.17) is 4.98 Å². The summed E-state index contributed by atoms with van der Waals surface area (Å²) in [6, 6.07) is 17.8. The number of piperidine rings is 1. The van der Waals surface area contributed by atoms with Crippen LogP contribution < -0.4 is 15.5 Å². The van der Waals surface area contributed by atoms with Crippen LogP contribution in [0.4, 0.5) is 5.82 Å². The maximum atomic E-state index is 13.2. The van der Waals surface area contributed by atoms with Crippen LogP contribution in [0, 0.1) is 13.8 Å². The van der Waals surface area contributed by atoms with E-state index in [9.17, 15) is 9.59 Å². The zero-order chi connectivity index (χ0) is 27.4. The van der Waals surface area contributed by atoms with Crippen LogP contribution >= 0.6 is 0 Å². The summed E-state index contributed by atoms with van der Waals surface area (Å²) in [6.45, 7) is 7.02. The number of fused-ring (bicyclic) bond motifs is 1. The molecule has 9 nitrogen and oxygen atoms in total. The Morgan fingerprint density at radius 3 is 2.41 bits per heavy atom. The van der Waals surface area contributed by atoms with Crippen molar-refractivity contribution in [3.05, 3.63) is 88.9 Å². The second-order valence-corrected chi connectivity index (χ2v) is 10.3. The lowest BCUT2D eigenvalue weighted by molar-refractivity contribution is -0.128. The van der Waals surface area contributed by atoms with Crippen LogP contribution in [0.2, 0.25) is 0 Å². The van der Waals surface area contributed by atoms with E-state index in [1.807, 2.05) is 60.8 Å². The smallest absolute Gasteiger partial charge is 0.254 e. The third kappa shape index (κ3) is 6.25. The number of amides is 2. The number of nitrogens with zero attached hydrogens (tertiary/aromatic N) is 5. The van der Waals surface area contributed by atoms with Gasteiger partial charge in [-0.15, -0.1) is 0 Å². The van der Waals surface area contributed by atoms with Gasteiger partial charge in [-0.3, -0.25) is 9.59 Å². The normalized spacial score (nSPS) is 14.8. The number of hydrogen-bond donors (Lipinski definition) is 2. The van der Waals surface area contributed by atoms with Crippen molar-refractivity contribution in [1.82, 2.24) is 30.2 Å². The summed E-state index contributed by atoms with van der Waals surface area (Å²) in [4.78, 5) is 36.5. The molecule has 0 aliphatic carbocycles. The number of carbonyl (C=O) groups excluding carboxylic acids is 2. The maximum absolute atomic E-state index is 13.2. The number of carbonyl (C=O) groups is 2. The van der Waals surface area contributed by atoms with Gasteiger partial charge in [0, 0.05) is 50.2 Å². The number of aryl methyl sites for hydroxylation is 2. The topological polar surface area (TPSA) is 105 Å². The molecule has 1 aliphatic rings. The summed E-state index contributed by atoms with van der Waals surface area (Å²) < 4.78 is 1.83. The summed E-state index contributed by atoms with van der Waals surface area (Å²) in [7, 11) is 0. The van der Waals surface area contributed by atoms with E-state index in [1.165, 1.54) is 12.5 Å². The first-order valence-electron chi connectivity index (χ1n) is 13.5. The Bertz CT molecular complexity index is 1440. The van der Waals surface area contributed by atoms with Crippen molar-refractivity contribution >= 4 is 23.4 Å². The third-order valence-corrected chi connectivity index (χ3v) is 7.32. The minimum atomic E-state index is -0.613. The predicted octanol–water partition coefficient (Wildman–Crippen LogP) is 3.16. The molecule has 1 fully saturated rings. The Hall–Kier alpha value is -4.27. The van der Waals surface area contributed by atoms with Crippen molar-refractivity contribution in [2.45, 2.75) is 58.5 Å². The standard InChI is InChI=1S/C30H35N7O2/c1-20-9-11-24(12-10-20)18-27(34-22(3)38)28(39)35-25-13-15-36(16-14-25)29-26(17-23-7-5-4-6-8-23)21(2)33-30-31-19-32-37(29)30/h4-12,19,25,27H,13-18H2,1-3H3,(H,34,38)(H,35,39)/t27-/m1/s1. The number of benzene rings is 2. The third-order valence-electron chi connectivity index (χ3n) is 7.32. The molecule has 5 rings (SSSR count). The van der Waals surface area contributed by atoms with E-state index in [0.29, 0.717) is 12.2 Å². The molecule has 2 amide bonds. The molecule has 2 N–H and O–H groups in total. The highest BCUT2D eigenvalue weighted by molar-refractivity contribution is 5.87. The van der Waals surface area contributed by atoms with E-state index < -0.39 is 6.04 Å². The first-order valence-corrected chi connectivity index (χ1v) is 13.5. The number of rotatable bonds is 8. The van der Waals surface area contributed by atoms with E-state index >= 15 is 0 Å². The average Bonchev–Trinajstić information content (AvgIpc) is 3.39. The van der Waals surface area contributed by atoms with E-state index in [0.717, 1.165) is 60.6 Å². The van der Waals surface area contributed by atoms with Crippen molar-refractivity contribution < 1.29 is 9.59 Å². The zero-order valence-electron chi connectivity index (χ0n) is 22.7. The summed E-state index contributed by atoms with van der Waals surface area (Å²) in [5.41, 5.74) is 5.46. The van der Waals surface area contributed by atoms with Gasteiger partial charge in [0.1, 0.15) is 18.2 Å². The Kier molecular flexibility index (Phi) is 7.86. The molecule has 2 aromatic heterocycles. The fourth-order valence-corrected chi connectivity index (χ4v) is 5.25. The van der Waals surface area contributed by atoms with Gasteiger partial charge in [-0.2, -0.15) is 14.6 Å². The average molecular weight is 526 g/mol. The Morgan fingerprint density at radius 2 is 1.72 bits per heavy atom. The number of anilines is 1. The highest BCUT2D eigenvalue weighted by atomic mass is 16.2. The molecule has 9 heteroatoms. The van der Waals surface area contributed by atoms with Crippen molar-refractivity contribution in [3.8, 4) is 0 Å². The summed E-state index contributed by atoms with van der Waals surface area (Å²) in [5, 5.41) is 10.5. The van der Waals surface area contributed by atoms with Crippen LogP contribution in [0.25, 0.3) is 5.78 Å². The molecule has 0 bridgehead atoms. The quantitative estimate of drug-likeness (QED) is 0.366. The molecule has 1 saturated heterocycles. The molecule has 3 heterocycles. The minimum Gasteiger partial charge on any atom is -0.356 e. The van der Waals surface area contributed by atoms with E-state index in [-0.39, 0.29) is 17.9 Å². The number of aromatic nitrogens is 4. The van der Waals surface area contributed by atoms with Crippen molar-refractivity contribution in [3.63, 3.8) is 0 Å². The van der Waals surface area contributed by atoms with Gasteiger partial charge in [-0.05, 0) is 37.8 Å². The number of hydrogen-bond acceptors (Lipinski definition) is 6. The molecule has 0 unspecified atom stereocenters. The molecule has 2 aromatic carbocycles. The zero-order valence-corrected chi connectivity index (χ0v) is 22.7. The van der Waals surface area contributed by atoms with Crippen molar-refractivity contribution in [2.75, 3.05) is 18.0 Å². The fraction of sp³-hybridized carbons (Fsp3) is 0.367. The van der Waals surface area contributed by atoms with Crippen LogP contribution in [0.1, 0.15) is 47.7 Å². The van der Waals surface area contributed by atoms with Crippen molar-refractivity contribution in [1.29, 1.82) is 0 Å². The molecule has 4 aromatic rings. The van der Waals surface area contributed by atoms with E-state index in [2.05, 4.69) is 37.7 Å². The lowest BCUT2D eigenvalue weighted by Crippen LogP contribution is -2.52. The second kappa shape index (κ2) is 11.6. The second-order valence-electron chi connectivity index (χ2n) is 10.3.